The minimum atomic E-state index is 0.900. The molecule has 0 bridgehead atoms. The van der Waals surface area contributed by atoms with E-state index in [1.54, 1.807) is 11.3 Å². The fraction of sp³-hybridized carbons (Fsp3) is 0.500. The molecule has 0 saturated heterocycles. The van der Waals surface area contributed by atoms with E-state index in [0.29, 0.717) is 0 Å². The van der Waals surface area contributed by atoms with Crippen molar-refractivity contribution in [2.45, 2.75) is 39.5 Å². The van der Waals surface area contributed by atoms with Crippen molar-refractivity contribution in [1.82, 2.24) is 15.2 Å². The summed E-state index contributed by atoms with van der Waals surface area (Å²) in [5.74, 6) is 0. The molecule has 2 aromatic rings. The van der Waals surface area contributed by atoms with Crippen molar-refractivity contribution in [1.29, 1.82) is 0 Å². The molecule has 0 spiro atoms. The molecule has 100 valence electrons. The van der Waals surface area contributed by atoms with Crippen molar-refractivity contribution in [2.24, 2.45) is 0 Å². The topological polar surface area (TPSA) is 50.7 Å². The molecule has 19 heavy (non-hydrogen) atoms. The van der Waals surface area contributed by atoms with Gasteiger partial charge in [0, 0.05) is 23.5 Å². The van der Waals surface area contributed by atoms with Gasteiger partial charge in [-0.1, -0.05) is 18.3 Å². The Bertz CT molecular complexity index is 591. The van der Waals surface area contributed by atoms with Gasteiger partial charge in [-0.3, -0.25) is 4.98 Å². The molecule has 1 aliphatic rings. The van der Waals surface area contributed by atoms with E-state index >= 15 is 0 Å². The lowest BCUT2D eigenvalue weighted by Gasteiger charge is -2.05. The summed E-state index contributed by atoms with van der Waals surface area (Å²) in [5.41, 5.74) is 4.87. The van der Waals surface area contributed by atoms with Crippen molar-refractivity contribution in [3.63, 3.8) is 0 Å². The Labute approximate surface area is 117 Å². The Morgan fingerprint density at radius 3 is 3.05 bits per heavy atom. The highest BCUT2D eigenvalue weighted by Crippen LogP contribution is 2.32. The first-order valence-electron chi connectivity index (χ1n) is 6.85. The minimum absolute atomic E-state index is 0.900. The van der Waals surface area contributed by atoms with Crippen LogP contribution in [0.1, 0.15) is 36.7 Å². The lowest BCUT2D eigenvalue weighted by atomic mass is 10.1. The average Bonchev–Trinajstić information content (AvgIpc) is 3.03. The van der Waals surface area contributed by atoms with Gasteiger partial charge in [0.25, 0.3) is 0 Å². The Morgan fingerprint density at radius 1 is 1.32 bits per heavy atom. The molecule has 0 aliphatic heterocycles. The number of fused-ring (bicyclic) bond motifs is 1. The third kappa shape index (κ3) is 2.47. The van der Waals surface area contributed by atoms with Crippen LogP contribution < -0.4 is 5.32 Å². The number of aryl methyl sites for hydroxylation is 3. The van der Waals surface area contributed by atoms with E-state index in [2.05, 4.69) is 35.4 Å². The first-order chi connectivity index (χ1) is 9.28. The third-order valence-corrected chi connectivity index (χ3v) is 4.34. The predicted molar refractivity (Wildman–Crippen MR) is 78.7 cm³/mol. The molecule has 1 aliphatic carbocycles. The normalized spacial score (nSPS) is 13.6. The molecule has 0 unspecified atom stereocenters. The fourth-order valence-corrected chi connectivity index (χ4v) is 3.26. The molecule has 4 nitrogen and oxygen atoms in total. The number of pyridine rings is 1. The summed E-state index contributed by atoms with van der Waals surface area (Å²) < 4.78 is 0. The number of nitrogens with zero attached hydrogens (tertiary/aromatic N) is 3. The van der Waals surface area contributed by atoms with Crippen molar-refractivity contribution in [2.75, 3.05) is 11.9 Å². The van der Waals surface area contributed by atoms with E-state index in [-0.39, 0.29) is 0 Å². The van der Waals surface area contributed by atoms with Gasteiger partial charge < -0.3 is 5.32 Å². The summed E-state index contributed by atoms with van der Waals surface area (Å²) in [5, 5.41) is 13.6. The van der Waals surface area contributed by atoms with Gasteiger partial charge >= 0.3 is 0 Å². The zero-order valence-corrected chi connectivity index (χ0v) is 12.2. The summed E-state index contributed by atoms with van der Waals surface area (Å²) in [6.45, 7) is 5.15. The molecule has 2 heterocycles. The third-order valence-electron chi connectivity index (χ3n) is 3.42. The van der Waals surface area contributed by atoms with E-state index in [4.69, 9.17) is 4.98 Å². The zero-order valence-electron chi connectivity index (χ0n) is 11.4. The van der Waals surface area contributed by atoms with Crippen LogP contribution in [0.25, 0.3) is 10.6 Å². The molecule has 0 radical (unpaired) electrons. The zero-order chi connectivity index (χ0) is 13.2. The standard InChI is InChI=1S/C14H18N4S/c1-3-7-15-14-18-17-13(19-14)11-8-10-5-4-6-12(10)16-9(11)2/h8H,3-7H2,1-2H3,(H,15,18). The SMILES string of the molecule is CCCNc1nnc(-c2cc3c(nc2C)CCC3)s1. The second-order valence-electron chi connectivity index (χ2n) is 4.92. The van der Waals surface area contributed by atoms with Crippen LogP contribution in [0.15, 0.2) is 6.07 Å². The van der Waals surface area contributed by atoms with Crippen LogP contribution in [0.2, 0.25) is 0 Å². The summed E-state index contributed by atoms with van der Waals surface area (Å²) in [4.78, 5) is 4.72. The van der Waals surface area contributed by atoms with Gasteiger partial charge in [0.05, 0.1) is 0 Å². The quantitative estimate of drug-likeness (QED) is 0.930. The lowest BCUT2D eigenvalue weighted by molar-refractivity contribution is 0.897. The average molecular weight is 274 g/mol. The summed E-state index contributed by atoms with van der Waals surface area (Å²) in [6.07, 6.45) is 4.59. The van der Waals surface area contributed by atoms with Gasteiger partial charge in [-0.15, -0.1) is 10.2 Å². The smallest absolute Gasteiger partial charge is 0.206 e. The van der Waals surface area contributed by atoms with Crippen molar-refractivity contribution in [3.05, 3.63) is 23.0 Å². The van der Waals surface area contributed by atoms with Crippen LogP contribution in [0.5, 0.6) is 0 Å². The van der Waals surface area contributed by atoms with Gasteiger partial charge in [0.1, 0.15) is 0 Å². The lowest BCUT2D eigenvalue weighted by Crippen LogP contribution is -1.98. The molecule has 3 rings (SSSR count). The molecule has 1 N–H and O–H groups in total. The largest absolute Gasteiger partial charge is 0.360 e. The van der Waals surface area contributed by atoms with E-state index in [9.17, 15) is 0 Å². The number of hydrogen-bond donors (Lipinski definition) is 1. The maximum absolute atomic E-state index is 4.72. The van der Waals surface area contributed by atoms with Crippen molar-refractivity contribution >= 4 is 16.5 Å². The second kappa shape index (κ2) is 5.25. The van der Waals surface area contributed by atoms with Gasteiger partial charge in [-0.2, -0.15) is 0 Å². The molecule has 5 heteroatoms. The van der Waals surface area contributed by atoms with Gasteiger partial charge in [0.15, 0.2) is 5.01 Å². The van der Waals surface area contributed by atoms with Crippen LogP contribution in [-0.4, -0.2) is 21.7 Å². The minimum Gasteiger partial charge on any atom is -0.360 e. The second-order valence-corrected chi connectivity index (χ2v) is 5.90. The molecule has 0 atom stereocenters. The number of anilines is 1. The van der Waals surface area contributed by atoms with Crippen LogP contribution in [0.4, 0.5) is 5.13 Å². The Morgan fingerprint density at radius 2 is 2.21 bits per heavy atom. The van der Waals surface area contributed by atoms with Gasteiger partial charge in [0.2, 0.25) is 5.13 Å². The van der Waals surface area contributed by atoms with Crippen molar-refractivity contribution < 1.29 is 0 Å². The Kier molecular flexibility index (Phi) is 3.46. The summed E-state index contributed by atoms with van der Waals surface area (Å²) in [6, 6.07) is 2.26. The van der Waals surface area contributed by atoms with Gasteiger partial charge in [-0.25, -0.2) is 0 Å². The molecule has 0 saturated carbocycles. The predicted octanol–water partition coefficient (Wildman–Crippen LogP) is 3.22. The fourth-order valence-electron chi connectivity index (χ4n) is 2.43. The Hall–Kier alpha value is -1.49. The van der Waals surface area contributed by atoms with Crippen molar-refractivity contribution in [3.8, 4) is 10.6 Å². The van der Waals surface area contributed by atoms with Gasteiger partial charge in [-0.05, 0) is 44.2 Å². The highest BCUT2D eigenvalue weighted by molar-refractivity contribution is 7.18. The maximum Gasteiger partial charge on any atom is 0.206 e. The van der Waals surface area contributed by atoms with Crippen LogP contribution in [0.3, 0.4) is 0 Å². The van der Waals surface area contributed by atoms with E-state index in [1.807, 2.05) is 0 Å². The molecular formula is C14H18N4S. The first kappa shape index (κ1) is 12.5. The molecule has 2 aromatic heterocycles. The van der Waals surface area contributed by atoms with Crippen LogP contribution in [-0.2, 0) is 12.8 Å². The van der Waals surface area contributed by atoms with E-state index < -0.39 is 0 Å². The number of nitrogens with one attached hydrogen (secondary N) is 1. The molecule has 0 amide bonds. The summed E-state index contributed by atoms with van der Waals surface area (Å²) in [7, 11) is 0. The highest BCUT2D eigenvalue weighted by Gasteiger charge is 2.17. The van der Waals surface area contributed by atoms with Crippen LogP contribution in [0, 0.1) is 6.92 Å². The number of rotatable bonds is 4. The monoisotopic (exact) mass is 274 g/mol. The Balaban J connectivity index is 1.91. The number of hydrogen-bond acceptors (Lipinski definition) is 5. The van der Waals surface area contributed by atoms with E-state index in [0.717, 1.165) is 47.2 Å². The number of aromatic nitrogens is 3. The maximum atomic E-state index is 4.72. The molecule has 0 aromatic carbocycles. The summed E-state index contributed by atoms with van der Waals surface area (Å²) >= 11 is 1.61. The molecular weight excluding hydrogens is 256 g/mol. The van der Waals surface area contributed by atoms with E-state index in [1.165, 1.54) is 17.7 Å². The molecule has 0 fully saturated rings. The highest BCUT2D eigenvalue weighted by atomic mass is 32.1. The van der Waals surface area contributed by atoms with Crippen LogP contribution >= 0.6 is 11.3 Å². The first-order valence-corrected chi connectivity index (χ1v) is 7.66.